The minimum Gasteiger partial charge on any atom is -0.497 e. The van der Waals surface area contributed by atoms with E-state index in [4.69, 9.17) is 25.8 Å². The summed E-state index contributed by atoms with van der Waals surface area (Å²) in [5, 5.41) is 15.2. The Hall–Kier alpha value is -3.26. The van der Waals surface area contributed by atoms with Crippen molar-refractivity contribution in [2.24, 2.45) is 0 Å². The van der Waals surface area contributed by atoms with Gasteiger partial charge in [-0.2, -0.15) is 0 Å². The molecule has 9 heteroatoms. The Bertz CT molecular complexity index is 1010. The summed E-state index contributed by atoms with van der Waals surface area (Å²) in [5.74, 6) is 1.83. The van der Waals surface area contributed by atoms with Crippen LogP contribution in [0.1, 0.15) is 0 Å². The predicted molar refractivity (Wildman–Crippen MR) is 107 cm³/mol. The van der Waals surface area contributed by atoms with Gasteiger partial charge in [0.25, 0.3) is 0 Å². The number of anilines is 2. The molecular weight excluding hydrogens is 386 g/mol. The average Bonchev–Trinajstić information content (AvgIpc) is 2.71. The smallest absolute Gasteiger partial charge is 0.311 e. The largest absolute Gasteiger partial charge is 0.497 e. The van der Waals surface area contributed by atoms with Crippen LogP contribution in [-0.2, 0) is 0 Å². The lowest BCUT2D eigenvalue weighted by Gasteiger charge is -2.14. The summed E-state index contributed by atoms with van der Waals surface area (Å²) in [5.41, 5.74) is 1.29. The molecule has 0 saturated heterocycles. The lowest BCUT2D eigenvalue weighted by Crippen LogP contribution is -2.03. The first-order chi connectivity index (χ1) is 13.6. The van der Waals surface area contributed by atoms with Crippen LogP contribution in [-0.4, -0.2) is 36.6 Å². The molecule has 2 aromatic carbocycles. The molecule has 0 bridgehead atoms. The monoisotopic (exact) mass is 403 g/mol. The van der Waals surface area contributed by atoms with Crippen molar-refractivity contribution in [3.63, 3.8) is 0 Å². The Morgan fingerprint density at radius 2 is 2.00 bits per heavy atom. The molecule has 8 nitrogen and oxygen atoms in total. The van der Waals surface area contributed by atoms with E-state index < -0.39 is 4.92 Å². The molecule has 3 aromatic rings. The molecule has 0 radical (unpaired) electrons. The molecule has 1 heterocycles. The van der Waals surface area contributed by atoms with E-state index in [0.717, 1.165) is 0 Å². The maximum atomic E-state index is 11.6. The van der Waals surface area contributed by atoms with Crippen molar-refractivity contribution >= 4 is 39.6 Å². The number of nitrogens with zero attached hydrogens (tertiary/aromatic N) is 2. The predicted octanol–water partition coefficient (Wildman–Crippen LogP) is 4.52. The lowest BCUT2D eigenvalue weighted by atomic mass is 10.1. The molecule has 0 amide bonds. The van der Waals surface area contributed by atoms with Crippen molar-refractivity contribution < 1.29 is 19.1 Å². The van der Waals surface area contributed by atoms with Gasteiger partial charge in [0.2, 0.25) is 0 Å². The zero-order valence-corrected chi connectivity index (χ0v) is 16.0. The average molecular weight is 404 g/mol. The molecule has 0 aliphatic heterocycles. The number of halogens is 1. The van der Waals surface area contributed by atoms with Crippen molar-refractivity contribution in [2.75, 3.05) is 32.0 Å². The van der Waals surface area contributed by atoms with Crippen molar-refractivity contribution in [3.8, 4) is 17.2 Å². The molecule has 0 aliphatic rings. The van der Waals surface area contributed by atoms with E-state index in [9.17, 15) is 10.1 Å². The second-order valence-electron chi connectivity index (χ2n) is 5.69. The van der Waals surface area contributed by atoms with Crippen molar-refractivity contribution in [3.05, 3.63) is 52.7 Å². The fourth-order valence-corrected chi connectivity index (χ4v) is 2.80. The van der Waals surface area contributed by atoms with E-state index in [-0.39, 0.29) is 5.69 Å². The van der Waals surface area contributed by atoms with Crippen LogP contribution >= 0.6 is 11.6 Å². The maximum absolute atomic E-state index is 11.6. The van der Waals surface area contributed by atoms with Gasteiger partial charge in [0.1, 0.15) is 24.2 Å². The molecule has 0 saturated carbocycles. The van der Waals surface area contributed by atoms with Gasteiger partial charge in [-0.15, -0.1) is 11.6 Å². The third-order valence-corrected chi connectivity index (χ3v) is 4.16. The molecule has 28 heavy (non-hydrogen) atoms. The van der Waals surface area contributed by atoms with E-state index in [1.807, 2.05) is 0 Å². The second-order valence-corrected chi connectivity index (χ2v) is 6.07. The minimum atomic E-state index is -0.487. The molecule has 1 N–H and O–H groups in total. The number of fused-ring (bicyclic) bond motifs is 1. The van der Waals surface area contributed by atoms with E-state index in [0.29, 0.717) is 52.0 Å². The number of nitrogens with one attached hydrogen (secondary N) is 1. The summed E-state index contributed by atoms with van der Waals surface area (Å²) in [7, 11) is 3.05. The topological polar surface area (TPSA) is 95.8 Å². The van der Waals surface area contributed by atoms with E-state index >= 15 is 0 Å². The van der Waals surface area contributed by atoms with Crippen LogP contribution in [0.4, 0.5) is 17.1 Å². The van der Waals surface area contributed by atoms with Crippen LogP contribution < -0.4 is 19.5 Å². The Labute approximate surface area is 166 Å². The van der Waals surface area contributed by atoms with E-state index in [1.54, 1.807) is 43.5 Å². The molecule has 0 spiro atoms. The van der Waals surface area contributed by atoms with Crippen LogP contribution in [0.2, 0.25) is 0 Å². The van der Waals surface area contributed by atoms with Gasteiger partial charge in [-0.25, -0.2) is 4.98 Å². The fourth-order valence-electron chi connectivity index (χ4n) is 2.73. The summed E-state index contributed by atoms with van der Waals surface area (Å²) < 4.78 is 16.2. The molecular formula is C19H18ClN3O5. The Morgan fingerprint density at radius 3 is 2.68 bits per heavy atom. The number of hydrogen-bond donors (Lipinski definition) is 1. The van der Waals surface area contributed by atoms with Crippen LogP contribution in [0, 0.1) is 10.1 Å². The first-order valence-electron chi connectivity index (χ1n) is 8.32. The zero-order chi connectivity index (χ0) is 20.1. The minimum absolute atomic E-state index is 0.160. The quantitative estimate of drug-likeness (QED) is 0.335. The normalized spacial score (nSPS) is 10.5. The highest BCUT2D eigenvalue weighted by Crippen LogP contribution is 2.40. The van der Waals surface area contributed by atoms with Crippen molar-refractivity contribution in [2.45, 2.75) is 0 Å². The fraction of sp³-hybridized carbons (Fsp3) is 0.211. The van der Waals surface area contributed by atoms with Gasteiger partial charge in [-0.1, -0.05) is 6.07 Å². The summed E-state index contributed by atoms with van der Waals surface area (Å²) in [6, 6.07) is 10.4. The van der Waals surface area contributed by atoms with E-state index in [2.05, 4.69) is 10.3 Å². The van der Waals surface area contributed by atoms with Crippen molar-refractivity contribution in [1.29, 1.82) is 0 Å². The highest BCUT2D eigenvalue weighted by atomic mass is 35.5. The summed E-state index contributed by atoms with van der Waals surface area (Å²) in [4.78, 5) is 15.3. The summed E-state index contributed by atoms with van der Waals surface area (Å²) in [6.07, 6.45) is 1.21. The van der Waals surface area contributed by atoms with Gasteiger partial charge in [0.05, 0.1) is 30.5 Å². The molecule has 0 aliphatic carbocycles. The number of alkyl halides is 1. The first-order valence-corrected chi connectivity index (χ1v) is 8.85. The van der Waals surface area contributed by atoms with Crippen LogP contribution in [0.3, 0.4) is 0 Å². The van der Waals surface area contributed by atoms with Gasteiger partial charge < -0.3 is 19.5 Å². The number of pyridine rings is 1. The van der Waals surface area contributed by atoms with Gasteiger partial charge in [0, 0.05) is 23.2 Å². The molecule has 146 valence electrons. The first kappa shape index (κ1) is 19.5. The lowest BCUT2D eigenvalue weighted by molar-refractivity contribution is -0.384. The van der Waals surface area contributed by atoms with Crippen LogP contribution in [0.5, 0.6) is 17.2 Å². The standard InChI is InChI=1S/C19H18ClN3O5/c1-26-13-5-3-4-12(8-13)22-19-14-9-17(27-2)18(28-7-6-20)10-15(14)21-11-16(19)23(24)25/h3-5,8-11H,6-7H2,1-2H3,(H,21,22). The SMILES string of the molecule is COc1cccc(Nc2c([N+](=O)[O-])cnc3cc(OCCCl)c(OC)cc23)c1. The van der Waals surface area contributed by atoms with Crippen LogP contribution in [0.15, 0.2) is 42.6 Å². The molecule has 0 unspecified atom stereocenters. The summed E-state index contributed by atoms with van der Waals surface area (Å²) >= 11 is 5.68. The number of benzene rings is 2. The second kappa shape index (κ2) is 8.62. The number of rotatable bonds is 8. The van der Waals surface area contributed by atoms with Gasteiger partial charge in [-0.05, 0) is 18.2 Å². The molecule has 1 aromatic heterocycles. The molecule has 0 fully saturated rings. The Kier molecular flexibility index (Phi) is 6.00. The number of aromatic nitrogens is 1. The van der Waals surface area contributed by atoms with Gasteiger partial charge in [0.15, 0.2) is 11.5 Å². The maximum Gasteiger partial charge on any atom is 0.311 e. The van der Waals surface area contributed by atoms with Gasteiger partial charge in [-0.3, -0.25) is 10.1 Å². The number of methoxy groups -OCH3 is 2. The van der Waals surface area contributed by atoms with E-state index in [1.165, 1.54) is 13.3 Å². The number of ether oxygens (including phenoxy) is 3. The van der Waals surface area contributed by atoms with Crippen LogP contribution in [0.25, 0.3) is 10.9 Å². The van der Waals surface area contributed by atoms with Crippen molar-refractivity contribution in [1.82, 2.24) is 4.98 Å². The third-order valence-electron chi connectivity index (χ3n) is 4.00. The molecule has 3 rings (SSSR count). The highest BCUT2D eigenvalue weighted by molar-refractivity contribution is 6.18. The summed E-state index contributed by atoms with van der Waals surface area (Å²) in [6.45, 7) is 0.297. The number of nitro groups is 1. The number of hydrogen-bond acceptors (Lipinski definition) is 7. The zero-order valence-electron chi connectivity index (χ0n) is 15.3. The third kappa shape index (κ3) is 4.01. The Morgan fingerprint density at radius 1 is 1.18 bits per heavy atom. The Balaban J connectivity index is 2.16. The molecule has 0 atom stereocenters. The highest BCUT2D eigenvalue weighted by Gasteiger charge is 2.21. The van der Waals surface area contributed by atoms with Gasteiger partial charge >= 0.3 is 5.69 Å².